The summed E-state index contributed by atoms with van der Waals surface area (Å²) in [4.78, 5) is 13.2. The Bertz CT molecular complexity index is 432. The highest BCUT2D eigenvalue weighted by Crippen LogP contribution is 2.32. The standard InChI is InChI=1S/C14H20N2O2/c1-15-8-4-3-5-11-6-7-13-12(9-11)16(2)14(17)10-18-13/h6-7,9,15H,3-5,8,10H2,1-2H3. The smallest absolute Gasteiger partial charge is 0.264 e. The number of hydrogen-bond donors (Lipinski definition) is 1. The van der Waals surface area contributed by atoms with Crippen molar-refractivity contribution in [2.75, 3.05) is 32.1 Å². The fourth-order valence-corrected chi connectivity index (χ4v) is 2.10. The predicted molar refractivity (Wildman–Crippen MR) is 72.2 cm³/mol. The summed E-state index contributed by atoms with van der Waals surface area (Å²) in [6, 6.07) is 6.11. The number of carbonyl (C=O) groups excluding carboxylic acids is 1. The van der Waals surface area contributed by atoms with Crippen molar-refractivity contribution in [2.24, 2.45) is 0 Å². The molecule has 1 aromatic carbocycles. The molecule has 4 nitrogen and oxygen atoms in total. The monoisotopic (exact) mass is 248 g/mol. The Hall–Kier alpha value is -1.55. The van der Waals surface area contributed by atoms with Gasteiger partial charge in [-0.2, -0.15) is 0 Å². The summed E-state index contributed by atoms with van der Waals surface area (Å²) in [5, 5.41) is 3.14. The number of anilines is 1. The van der Waals surface area contributed by atoms with Crippen molar-refractivity contribution in [2.45, 2.75) is 19.3 Å². The molecule has 0 fully saturated rings. The minimum absolute atomic E-state index is 0.00910. The lowest BCUT2D eigenvalue weighted by atomic mass is 10.1. The number of nitrogens with one attached hydrogen (secondary N) is 1. The third-order valence-electron chi connectivity index (χ3n) is 3.25. The van der Waals surface area contributed by atoms with Crippen LogP contribution >= 0.6 is 0 Å². The highest BCUT2D eigenvalue weighted by atomic mass is 16.5. The van der Waals surface area contributed by atoms with Crippen LogP contribution in [0, 0.1) is 0 Å². The molecule has 0 spiro atoms. The lowest BCUT2D eigenvalue weighted by molar-refractivity contribution is -0.120. The number of unbranched alkanes of at least 4 members (excludes halogenated alkanes) is 1. The Kier molecular flexibility index (Phi) is 4.20. The van der Waals surface area contributed by atoms with E-state index in [1.54, 1.807) is 11.9 Å². The van der Waals surface area contributed by atoms with E-state index in [0.29, 0.717) is 0 Å². The quantitative estimate of drug-likeness (QED) is 0.804. The molecule has 0 aliphatic carbocycles. The minimum Gasteiger partial charge on any atom is -0.482 e. The van der Waals surface area contributed by atoms with Gasteiger partial charge in [-0.1, -0.05) is 6.07 Å². The van der Waals surface area contributed by atoms with Crippen LogP contribution in [0.3, 0.4) is 0 Å². The highest BCUT2D eigenvalue weighted by molar-refractivity contribution is 5.97. The molecular formula is C14H20N2O2. The molecule has 4 heteroatoms. The summed E-state index contributed by atoms with van der Waals surface area (Å²) in [5.41, 5.74) is 2.15. The van der Waals surface area contributed by atoms with Gasteiger partial charge in [-0.25, -0.2) is 0 Å². The number of fused-ring (bicyclic) bond motifs is 1. The Morgan fingerprint density at radius 3 is 3.00 bits per heavy atom. The van der Waals surface area contributed by atoms with Crippen molar-refractivity contribution >= 4 is 11.6 Å². The van der Waals surface area contributed by atoms with E-state index in [1.165, 1.54) is 12.0 Å². The van der Waals surface area contributed by atoms with Crippen molar-refractivity contribution in [3.63, 3.8) is 0 Å². The minimum atomic E-state index is 0.00910. The molecule has 0 saturated carbocycles. The van der Waals surface area contributed by atoms with Crippen molar-refractivity contribution in [3.05, 3.63) is 23.8 Å². The van der Waals surface area contributed by atoms with E-state index in [-0.39, 0.29) is 12.5 Å². The van der Waals surface area contributed by atoms with Gasteiger partial charge in [0, 0.05) is 7.05 Å². The molecule has 0 bridgehead atoms. The predicted octanol–water partition coefficient (Wildman–Crippen LogP) is 1.58. The van der Waals surface area contributed by atoms with Crippen LogP contribution in [0.5, 0.6) is 5.75 Å². The number of aryl methyl sites for hydroxylation is 1. The first-order chi connectivity index (χ1) is 8.72. The fourth-order valence-electron chi connectivity index (χ4n) is 2.10. The van der Waals surface area contributed by atoms with Gasteiger partial charge in [0.05, 0.1) is 5.69 Å². The summed E-state index contributed by atoms with van der Waals surface area (Å²) >= 11 is 0. The number of rotatable bonds is 5. The van der Waals surface area contributed by atoms with Gasteiger partial charge in [0.15, 0.2) is 6.61 Å². The lowest BCUT2D eigenvalue weighted by Crippen LogP contribution is -2.35. The number of likely N-dealkylation sites (N-methyl/N-ethyl adjacent to an activating group) is 1. The molecular weight excluding hydrogens is 228 g/mol. The second-order valence-electron chi connectivity index (χ2n) is 4.60. The van der Waals surface area contributed by atoms with E-state index in [4.69, 9.17) is 4.74 Å². The van der Waals surface area contributed by atoms with Gasteiger partial charge in [-0.3, -0.25) is 4.79 Å². The van der Waals surface area contributed by atoms with E-state index in [0.717, 1.165) is 30.8 Å². The normalized spacial score (nSPS) is 14.3. The van der Waals surface area contributed by atoms with E-state index in [2.05, 4.69) is 17.4 Å². The molecule has 1 amide bonds. The Morgan fingerprint density at radius 1 is 1.39 bits per heavy atom. The average Bonchev–Trinajstić information content (AvgIpc) is 2.39. The van der Waals surface area contributed by atoms with Crippen LogP contribution in [0.1, 0.15) is 18.4 Å². The van der Waals surface area contributed by atoms with Gasteiger partial charge in [0.1, 0.15) is 5.75 Å². The molecule has 18 heavy (non-hydrogen) atoms. The van der Waals surface area contributed by atoms with Gasteiger partial charge in [-0.15, -0.1) is 0 Å². The van der Waals surface area contributed by atoms with Crippen LogP contribution in [-0.2, 0) is 11.2 Å². The SMILES string of the molecule is CNCCCCc1ccc2c(c1)N(C)C(=O)CO2. The maximum absolute atomic E-state index is 11.6. The van der Waals surface area contributed by atoms with Crippen LogP contribution in [0.25, 0.3) is 0 Å². The first kappa shape index (κ1) is 12.9. The molecule has 1 aromatic rings. The summed E-state index contributed by atoms with van der Waals surface area (Å²) < 4.78 is 5.40. The van der Waals surface area contributed by atoms with Crippen LogP contribution in [-0.4, -0.2) is 33.2 Å². The van der Waals surface area contributed by atoms with Crippen LogP contribution in [0.15, 0.2) is 18.2 Å². The number of benzene rings is 1. The first-order valence-electron chi connectivity index (χ1n) is 6.39. The summed E-state index contributed by atoms with van der Waals surface area (Å²) in [5.74, 6) is 0.811. The number of carbonyl (C=O) groups is 1. The molecule has 0 radical (unpaired) electrons. The molecule has 1 N–H and O–H groups in total. The number of nitrogens with zero attached hydrogens (tertiary/aromatic N) is 1. The zero-order valence-electron chi connectivity index (χ0n) is 11.0. The zero-order chi connectivity index (χ0) is 13.0. The maximum Gasteiger partial charge on any atom is 0.264 e. The number of amides is 1. The molecule has 1 aliphatic rings. The molecule has 0 aromatic heterocycles. The number of hydrogen-bond acceptors (Lipinski definition) is 3. The largest absolute Gasteiger partial charge is 0.482 e. The zero-order valence-corrected chi connectivity index (χ0v) is 11.0. The van der Waals surface area contributed by atoms with Crippen molar-refractivity contribution in [1.29, 1.82) is 0 Å². The van der Waals surface area contributed by atoms with Crippen molar-refractivity contribution in [3.8, 4) is 5.75 Å². The van der Waals surface area contributed by atoms with Gasteiger partial charge < -0.3 is 15.0 Å². The van der Waals surface area contributed by atoms with Crippen molar-refractivity contribution in [1.82, 2.24) is 5.32 Å². The molecule has 1 aliphatic heterocycles. The topological polar surface area (TPSA) is 41.6 Å². The Balaban J connectivity index is 2.04. The summed E-state index contributed by atoms with van der Waals surface area (Å²) in [6.45, 7) is 1.19. The molecule has 0 saturated heterocycles. The second-order valence-corrected chi connectivity index (χ2v) is 4.60. The third kappa shape index (κ3) is 2.82. The molecule has 2 rings (SSSR count). The van der Waals surface area contributed by atoms with E-state index >= 15 is 0 Å². The molecule has 0 atom stereocenters. The van der Waals surface area contributed by atoms with Crippen molar-refractivity contribution < 1.29 is 9.53 Å². The highest BCUT2D eigenvalue weighted by Gasteiger charge is 2.21. The van der Waals surface area contributed by atoms with Crippen LogP contribution < -0.4 is 15.0 Å². The van der Waals surface area contributed by atoms with Gasteiger partial charge >= 0.3 is 0 Å². The average molecular weight is 248 g/mol. The van der Waals surface area contributed by atoms with Gasteiger partial charge in [-0.05, 0) is 50.6 Å². The van der Waals surface area contributed by atoms with Crippen LogP contribution in [0.4, 0.5) is 5.69 Å². The van der Waals surface area contributed by atoms with Gasteiger partial charge in [0.25, 0.3) is 5.91 Å². The van der Waals surface area contributed by atoms with Crippen LogP contribution in [0.2, 0.25) is 0 Å². The number of ether oxygens (including phenoxy) is 1. The fraction of sp³-hybridized carbons (Fsp3) is 0.500. The molecule has 0 unspecified atom stereocenters. The van der Waals surface area contributed by atoms with Gasteiger partial charge in [0.2, 0.25) is 0 Å². The molecule has 1 heterocycles. The third-order valence-corrected chi connectivity index (χ3v) is 3.25. The van der Waals surface area contributed by atoms with E-state index in [9.17, 15) is 4.79 Å². The first-order valence-corrected chi connectivity index (χ1v) is 6.39. The van der Waals surface area contributed by atoms with E-state index < -0.39 is 0 Å². The van der Waals surface area contributed by atoms with E-state index in [1.807, 2.05) is 13.1 Å². The summed E-state index contributed by atoms with van der Waals surface area (Å²) in [6.07, 6.45) is 3.36. The maximum atomic E-state index is 11.6. The summed E-state index contributed by atoms with van der Waals surface area (Å²) in [7, 11) is 3.77. The lowest BCUT2D eigenvalue weighted by Gasteiger charge is -2.26. The Morgan fingerprint density at radius 2 is 2.22 bits per heavy atom. The Labute approximate surface area is 108 Å². The second kappa shape index (κ2) is 5.87. The molecule has 98 valence electrons.